The zero-order chi connectivity index (χ0) is 13.8. The lowest BCUT2D eigenvalue weighted by Gasteiger charge is -2.24. The molecule has 0 radical (unpaired) electrons. The molecule has 19 heavy (non-hydrogen) atoms. The molecule has 4 unspecified atom stereocenters. The number of rotatable bonds is 4. The van der Waals surface area contributed by atoms with E-state index >= 15 is 0 Å². The average Bonchev–Trinajstić information content (AvgIpc) is 2.81. The minimum Gasteiger partial charge on any atom is -0.481 e. The van der Waals surface area contributed by atoms with Crippen molar-refractivity contribution in [3.05, 3.63) is 12.2 Å². The molecule has 0 aromatic carbocycles. The van der Waals surface area contributed by atoms with Crippen molar-refractivity contribution in [2.75, 3.05) is 6.54 Å². The SMILES string of the molecule is O=C(O)C1CC=CCC1C(=O)NCC1CCC(O)C1. The van der Waals surface area contributed by atoms with E-state index in [4.69, 9.17) is 5.11 Å². The summed E-state index contributed by atoms with van der Waals surface area (Å²) in [4.78, 5) is 23.2. The maximum absolute atomic E-state index is 12.1. The summed E-state index contributed by atoms with van der Waals surface area (Å²) in [6.45, 7) is 0.544. The Balaban J connectivity index is 1.84. The first-order chi connectivity index (χ1) is 9.08. The minimum absolute atomic E-state index is 0.168. The van der Waals surface area contributed by atoms with Gasteiger partial charge >= 0.3 is 5.97 Å². The van der Waals surface area contributed by atoms with E-state index in [0.29, 0.717) is 25.3 Å². The van der Waals surface area contributed by atoms with E-state index in [1.165, 1.54) is 0 Å². The van der Waals surface area contributed by atoms with Crippen molar-refractivity contribution >= 4 is 11.9 Å². The molecule has 5 nitrogen and oxygen atoms in total. The van der Waals surface area contributed by atoms with E-state index in [0.717, 1.165) is 19.3 Å². The Bertz CT molecular complexity index is 380. The van der Waals surface area contributed by atoms with Crippen LogP contribution >= 0.6 is 0 Å². The van der Waals surface area contributed by atoms with Gasteiger partial charge in [-0.2, -0.15) is 0 Å². The average molecular weight is 267 g/mol. The van der Waals surface area contributed by atoms with E-state index < -0.39 is 17.8 Å². The zero-order valence-electron chi connectivity index (χ0n) is 10.9. The van der Waals surface area contributed by atoms with Crippen molar-refractivity contribution in [2.45, 2.75) is 38.2 Å². The molecule has 1 fully saturated rings. The summed E-state index contributed by atoms with van der Waals surface area (Å²) in [7, 11) is 0. The zero-order valence-corrected chi connectivity index (χ0v) is 10.9. The van der Waals surface area contributed by atoms with Crippen LogP contribution in [0.4, 0.5) is 0 Å². The molecule has 0 bridgehead atoms. The molecule has 1 saturated carbocycles. The molecule has 5 heteroatoms. The predicted octanol–water partition coefficient (Wildman–Crippen LogP) is 0.931. The highest BCUT2D eigenvalue weighted by Crippen LogP contribution is 2.27. The Labute approximate surface area is 112 Å². The van der Waals surface area contributed by atoms with Crippen LogP contribution in [0, 0.1) is 17.8 Å². The molecule has 2 rings (SSSR count). The Kier molecular flexibility index (Phi) is 4.58. The third kappa shape index (κ3) is 3.56. The van der Waals surface area contributed by atoms with Crippen molar-refractivity contribution in [1.82, 2.24) is 5.32 Å². The predicted molar refractivity (Wildman–Crippen MR) is 69.3 cm³/mol. The number of carbonyl (C=O) groups excluding carboxylic acids is 1. The molecule has 106 valence electrons. The second-order valence-electron chi connectivity index (χ2n) is 5.57. The fraction of sp³-hybridized carbons (Fsp3) is 0.714. The number of hydrogen-bond donors (Lipinski definition) is 3. The molecule has 0 heterocycles. The molecule has 0 aliphatic heterocycles. The van der Waals surface area contributed by atoms with Crippen LogP contribution in [0.3, 0.4) is 0 Å². The van der Waals surface area contributed by atoms with Crippen molar-refractivity contribution in [2.24, 2.45) is 17.8 Å². The molecule has 2 aliphatic carbocycles. The maximum atomic E-state index is 12.1. The second-order valence-corrected chi connectivity index (χ2v) is 5.57. The molecular weight excluding hydrogens is 246 g/mol. The largest absolute Gasteiger partial charge is 0.481 e. The van der Waals surface area contributed by atoms with Crippen LogP contribution < -0.4 is 5.32 Å². The van der Waals surface area contributed by atoms with Crippen LogP contribution in [-0.4, -0.2) is 34.7 Å². The maximum Gasteiger partial charge on any atom is 0.307 e. The Hall–Kier alpha value is -1.36. The molecule has 3 N–H and O–H groups in total. The summed E-state index contributed by atoms with van der Waals surface area (Å²) in [5, 5.41) is 21.4. The van der Waals surface area contributed by atoms with Crippen LogP contribution in [0.25, 0.3) is 0 Å². The first-order valence-corrected chi connectivity index (χ1v) is 6.91. The van der Waals surface area contributed by atoms with E-state index in [1.54, 1.807) is 0 Å². The molecule has 0 saturated heterocycles. The molecule has 0 spiro atoms. The number of allylic oxidation sites excluding steroid dienone is 2. The molecule has 0 aromatic rings. The number of carboxylic acid groups (broad SMARTS) is 1. The van der Waals surface area contributed by atoms with Crippen molar-refractivity contribution in [1.29, 1.82) is 0 Å². The van der Waals surface area contributed by atoms with Crippen LogP contribution in [0.1, 0.15) is 32.1 Å². The third-order valence-electron chi connectivity index (χ3n) is 4.16. The van der Waals surface area contributed by atoms with Gasteiger partial charge in [0.2, 0.25) is 5.91 Å². The van der Waals surface area contributed by atoms with E-state index in [9.17, 15) is 14.7 Å². The number of amides is 1. The highest BCUT2D eigenvalue weighted by atomic mass is 16.4. The Morgan fingerprint density at radius 3 is 2.42 bits per heavy atom. The van der Waals surface area contributed by atoms with Crippen LogP contribution in [0.2, 0.25) is 0 Å². The van der Waals surface area contributed by atoms with Crippen LogP contribution in [-0.2, 0) is 9.59 Å². The molecule has 0 aromatic heterocycles. The number of carboxylic acids is 1. The standard InChI is InChI=1S/C14H21NO4/c16-10-6-5-9(7-10)8-15-13(17)11-3-1-2-4-12(11)14(18)19/h1-2,9-12,16H,3-8H2,(H,15,17)(H,18,19). The second kappa shape index (κ2) is 6.19. The Morgan fingerprint density at radius 1 is 1.16 bits per heavy atom. The third-order valence-corrected chi connectivity index (χ3v) is 4.16. The summed E-state index contributed by atoms with van der Waals surface area (Å²) < 4.78 is 0. The van der Waals surface area contributed by atoms with Crippen molar-refractivity contribution in [3.63, 3.8) is 0 Å². The molecule has 4 atom stereocenters. The van der Waals surface area contributed by atoms with E-state index in [2.05, 4.69) is 5.32 Å². The first kappa shape index (κ1) is 14.1. The van der Waals surface area contributed by atoms with Crippen molar-refractivity contribution < 1.29 is 19.8 Å². The quantitative estimate of drug-likeness (QED) is 0.661. The summed E-state index contributed by atoms with van der Waals surface area (Å²) >= 11 is 0. The van der Waals surface area contributed by atoms with Gasteiger partial charge in [0.05, 0.1) is 17.9 Å². The number of hydrogen-bond acceptors (Lipinski definition) is 3. The fourth-order valence-electron chi connectivity index (χ4n) is 2.99. The lowest BCUT2D eigenvalue weighted by Crippen LogP contribution is -2.40. The monoisotopic (exact) mass is 267 g/mol. The number of aliphatic carboxylic acids is 1. The van der Waals surface area contributed by atoms with Gasteiger partial charge in [-0.05, 0) is 38.0 Å². The van der Waals surface area contributed by atoms with E-state index in [-0.39, 0.29) is 12.0 Å². The van der Waals surface area contributed by atoms with Gasteiger partial charge < -0.3 is 15.5 Å². The normalized spacial score (nSPS) is 34.2. The summed E-state index contributed by atoms with van der Waals surface area (Å²) in [6.07, 6.45) is 6.84. The summed E-state index contributed by atoms with van der Waals surface area (Å²) in [6, 6.07) is 0. The number of nitrogens with one attached hydrogen (secondary N) is 1. The highest BCUT2D eigenvalue weighted by molar-refractivity contribution is 5.85. The van der Waals surface area contributed by atoms with Gasteiger partial charge in [0, 0.05) is 6.54 Å². The van der Waals surface area contributed by atoms with Crippen molar-refractivity contribution in [3.8, 4) is 0 Å². The van der Waals surface area contributed by atoms with Gasteiger partial charge in [-0.1, -0.05) is 12.2 Å². The summed E-state index contributed by atoms with van der Waals surface area (Å²) in [5.41, 5.74) is 0. The fourth-order valence-corrected chi connectivity index (χ4v) is 2.99. The van der Waals surface area contributed by atoms with Crippen LogP contribution in [0.5, 0.6) is 0 Å². The van der Waals surface area contributed by atoms with Gasteiger partial charge in [0.1, 0.15) is 0 Å². The van der Waals surface area contributed by atoms with Gasteiger partial charge in [-0.25, -0.2) is 0 Å². The lowest BCUT2D eigenvalue weighted by molar-refractivity contribution is -0.147. The molecule has 2 aliphatic rings. The lowest BCUT2D eigenvalue weighted by atomic mass is 9.82. The van der Waals surface area contributed by atoms with Crippen LogP contribution in [0.15, 0.2) is 12.2 Å². The van der Waals surface area contributed by atoms with Gasteiger partial charge in [-0.3, -0.25) is 9.59 Å². The van der Waals surface area contributed by atoms with Gasteiger partial charge in [0.15, 0.2) is 0 Å². The first-order valence-electron chi connectivity index (χ1n) is 6.91. The highest BCUT2D eigenvalue weighted by Gasteiger charge is 2.34. The Morgan fingerprint density at radius 2 is 1.84 bits per heavy atom. The number of carbonyl (C=O) groups is 2. The van der Waals surface area contributed by atoms with E-state index in [1.807, 2.05) is 12.2 Å². The topological polar surface area (TPSA) is 86.6 Å². The molecular formula is C14H21NO4. The van der Waals surface area contributed by atoms with Gasteiger partial charge in [0.25, 0.3) is 0 Å². The number of aliphatic hydroxyl groups is 1. The smallest absolute Gasteiger partial charge is 0.307 e. The minimum atomic E-state index is -0.902. The molecule has 1 amide bonds. The summed E-state index contributed by atoms with van der Waals surface area (Å²) in [5.74, 6) is -1.83. The van der Waals surface area contributed by atoms with Gasteiger partial charge in [-0.15, -0.1) is 0 Å². The number of aliphatic hydroxyl groups excluding tert-OH is 1.